The number of nitrogens with two attached hydrogens (primary N) is 1. The SMILES string of the molecule is CC(C)(CCCN)Sc1ccc(Cl)cc1. The van der Waals surface area contributed by atoms with Crippen molar-refractivity contribution < 1.29 is 0 Å². The van der Waals surface area contributed by atoms with E-state index in [1.807, 2.05) is 23.9 Å². The number of halogens is 1. The van der Waals surface area contributed by atoms with Crippen molar-refractivity contribution in [3.05, 3.63) is 29.3 Å². The van der Waals surface area contributed by atoms with Crippen molar-refractivity contribution in [1.29, 1.82) is 0 Å². The Morgan fingerprint density at radius 1 is 1.27 bits per heavy atom. The minimum absolute atomic E-state index is 0.243. The van der Waals surface area contributed by atoms with E-state index in [0.717, 1.165) is 24.4 Å². The molecule has 0 amide bonds. The van der Waals surface area contributed by atoms with Crippen LogP contribution in [0.25, 0.3) is 0 Å². The average Bonchev–Trinajstić information content (AvgIpc) is 2.18. The van der Waals surface area contributed by atoms with Crippen LogP contribution in [-0.2, 0) is 0 Å². The largest absolute Gasteiger partial charge is 0.330 e. The third-order valence-corrected chi connectivity index (χ3v) is 3.71. The Morgan fingerprint density at radius 3 is 2.40 bits per heavy atom. The molecule has 0 radical (unpaired) electrons. The molecule has 1 nitrogen and oxygen atoms in total. The van der Waals surface area contributed by atoms with Gasteiger partial charge in [-0.25, -0.2) is 0 Å². The molecule has 84 valence electrons. The van der Waals surface area contributed by atoms with Crippen molar-refractivity contribution in [3.8, 4) is 0 Å². The predicted molar refractivity (Wildman–Crippen MR) is 69.7 cm³/mol. The minimum Gasteiger partial charge on any atom is -0.330 e. The van der Waals surface area contributed by atoms with Crippen molar-refractivity contribution in [1.82, 2.24) is 0 Å². The van der Waals surface area contributed by atoms with Crippen LogP contribution in [0.3, 0.4) is 0 Å². The van der Waals surface area contributed by atoms with Crippen molar-refractivity contribution in [2.45, 2.75) is 36.3 Å². The van der Waals surface area contributed by atoms with Gasteiger partial charge in [0.05, 0.1) is 0 Å². The van der Waals surface area contributed by atoms with Gasteiger partial charge in [0.2, 0.25) is 0 Å². The van der Waals surface area contributed by atoms with Gasteiger partial charge in [-0.05, 0) is 43.7 Å². The number of hydrogen-bond donors (Lipinski definition) is 1. The van der Waals surface area contributed by atoms with E-state index in [-0.39, 0.29) is 4.75 Å². The molecule has 0 saturated heterocycles. The first-order valence-electron chi connectivity index (χ1n) is 5.18. The number of rotatable bonds is 5. The van der Waals surface area contributed by atoms with E-state index in [1.54, 1.807) is 0 Å². The van der Waals surface area contributed by atoms with Gasteiger partial charge < -0.3 is 5.73 Å². The Kier molecular flexibility index (Phi) is 4.97. The molecule has 1 rings (SSSR count). The highest BCUT2D eigenvalue weighted by molar-refractivity contribution is 8.00. The van der Waals surface area contributed by atoms with Gasteiger partial charge in [-0.1, -0.05) is 25.4 Å². The summed E-state index contributed by atoms with van der Waals surface area (Å²) >= 11 is 7.72. The molecule has 0 fully saturated rings. The molecule has 0 aliphatic carbocycles. The van der Waals surface area contributed by atoms with Crippen LogP contribution >= 0.6 is 23.4 Å². The van der Waals surface area contributed by atoms with Gasteiger partial charge in [0.25, 0.3) is 0 Å². The maximum Gasteiger partial charge on any atom is 0.0406 e. The standard InChI is InChI=1S/C12H18ClNS/c1-12(2,8-3-9-14)15-11-6-4-10(13)5-7-11/h4-7H,3,8-9,14H2,1-2H3. The van der Waals surface area contributed by atoms with Gasteiger partial charge in [0.1, 0.15) is 0 Å². The molecule has 15 heavy (non-hydrogen) atoms. The summed E-state index contributed by atoms with van der Waals surface area (Å²) in [5, 5.41) is 0.791. The van der Waals surface area contributed by atoms with Gasteiger partial charge >= 0.3 is 0 Å². The first-order valence-corrected chi connectivity index (χ1v) is 6.37. The van der Waals surface area contributed by atoms with E-state index in [4.69, 9.17) is 17.3 Å². The number of benzene rings is 1. The monoisotopic (exact) mass is 243 g/mol. The van der Waals surface area contributed by atoms with Crippen molar-refractivity contribution in [2.24, 2.45) is 5.73 Å². The zero-order chi connectivity index (χ0) is 11.3. The van der Waals surface area contributed by atoms with Crippen LogP contribution in [0.5, 0.6) is 0 Å². The molecule has 0 heterocycles. The predicted octanol–water partition coefficient (Wildman–Crippen LogP) is 3.95. The molecule has 3 heteroatoms. The van der Waals surface area contributed by atoms with E-state index < -0.39 is 0 Å². The van der Waals surface area contributed by atoms with Gasteiger partial charge in [0, 0.05) is 14.7 Å². The van der Waals surface area contributed by atoms with Gasteiger partial charge in [-0.15, -0.1) is 11.8 Å². The quantitative estimate of drug-likeness (QED) is 0.793. The molecule has 0 aromatic heterocycles. The van der Waals surface area contributed by atoms with E-state index in [1.165, 1.54) is 4.90 Å². The van der Waals surface area contributed by atoms with Crippen LogP contribution in [-0.4, -0.2) is 11.3 Å². The lowest BCUT2D eigenvalue weighted by molar-refractivity contribution is 0.607. The maximum atomic E-state index is 5.84. The molecule has 0 atom stereocenters. The lowest BCUT2D eigenvalue weighted by Crippen LogP contribution is -2.16. The topological polar surface area (TPSA) is 26.0 Å². The summed E-state index contributed by atoms with van der Waals surface area (Å²) in [5.41, 5.74) is 5.52. The average molecular weight is 244 g/mol. The third-order valence-electron chi connectivity index (χ3n) is 2.19. The first kappa shape index (κ1) is 12.9. The Labute approximate surface area is 101 Å². The summed E-state index contributed by atoms with van der Waals surface area (Å²) in [7, 11) is 0. The molecule has 1 aromatic rings. The molecule has 0 bridgehead atoms. The van der Waals surface area contributed by atoms with Crippen LogP contribution in [0.1, 0.15) is 26.7 Å². The van der Waals surface area contributed by atoms with Crippen molar-refractivity contribution >= 4 is 23.4 Å². The van der Waals surface area contributed by atoms with E-state index in [2.05, 4.69) is 26.0 Å². The van der Waals surface area contributed by atoms with Crippen LogP contribution in [0.15, 0.2) is 29.2 Å². The van der Waals surface area contributed by atoms with Crippen molar-refractivity contribution in [3.63, 3.8) is 0 Å². The first-order chi connectivity index (χ1) is 7.03. The summed E-state index contributed by atoms with van der Waals surface area (Å²) in [5.74, 6) is 0. The van der Waals surface area contributed by atoms with E-state index in [0.29, 0.717) is 0 Å². The summed E-state index contributed by atoms with van der Waals surface area (Å²) in [6.45, 7) is 5.27. The Bertz CT molecular complexity index is 295. The van der Waals surface area contributed by atoms with E-state index >= 15 is 0 Å². The third kappa shape index (κ3) is 4.92. The lowest BCUT2D eigenvalue weighted by atomic mass is 10.1. The fourth-order valence-electron chi connectivity index (χ4n) is 1.40. The van der Waals surface area contributed by atoms with Gasteiger partial charge in [-0.2, -0.15) is 0 Å². The van der Waals surface area contributed by atoms with Crippen LogP contribution in [0.4, 0.5) is 0 Å². The normalized spacial score (nSPS) is 11.7. The summed E-state index contributed by atoms with van der Waals surface area (Å²) < 4.78 is 0.243. The molecule has 0 unspecified atom stereocenters. The molecule has 0 saturated carbocycles. The second-order valence-electron chi connectivity index (χ2n) is 4.21. The van der Waals surface area contributed by atoms with E-state index in [9.17, 15) is 0 Å². The Balaban J connectivity index is 2.56. The molecular formula is C12H18ClNS. The van der Waals surface area contributed by atoms with Crippen molar-refractivity contribution in [2.75, 3.05) is 6.54 Å². The Hall–Kier alpha value is -0.180. The zero-order valence-corrected chi connectivity index (χ0v) is 10.9. The fraction of sp³-hybridized carbons (Fsp3) is 0.500. The summed E-state index contributed by atoms with van der Waals surface area (Å²) in [6, 6.07) is 8.00. The second kappa shape index (κ2) is 5.78. The van der Waals surface area contributed by atoms with Gasteiger partial charge in [0.15, 0.2) is 0 Å². The van der Waals surface area contributed by atoms with Crippen LogP contribution < -0.4 is 5.73 Å². The minimum atomic E-state index is 0.243. The smallest absolute Gasteiger partial charge is 0.0406 e. The molecule has 0 aliphatic heterocycles. The molecule has 0 spiro atoms. The number of thioether (sulfide) groups is 1. The molecular weight excluding hydrogens is 226 g/mol. The van der Waals surface area contributed by atoms with Gasteiger partial charge in [-0.3, -0.25) is 0 Å². The summed E-state index contributed by atoms with van der Waals surface area (Å²) in [4.78, 5) is 1.27. The van der Waals surface area contributed by atoms with Crippen LogP contribution in [0.2, 0.25) is 5.02 Å². The van der Waals surface area contributed by atoms with Crippen LogP contribution in [0, 0.1) is 0 Å². The summed E-state index contributed by atoms with van der Waals surface area (Å²) in [6.07, 6.45) is 2.21. The lowest BCUT2D eigenvalue weighted by Gasteiger charge is -2.23. The zero-order valence-electron chi connectivity index (χ0n) is 9.29. The highest BCUT2D eigenvalue weighted by Crippen LogP contribution is 2.36. The molecule has 2 N–H and O–H groups in total. The second-order valence-corrected chi connectivity index (χ2v) is 6.43. The Morgan fingerprint density at radius 2 is 1.87 bits per heavy atom. The maximum absolute atomic E-state index is 5.84. The molecule has 0 aliphatic rings. The fourth-order valence-corrected chi connectivity index (χ4v) is 2.68. The number of hydrogen-bond acceptors (Lipinski definition) is 2. The highest BCUT2D eigenvalue weighted by Gasteiger charge is 2.18. The highest BCUT2D eigenvalue weighted by atomic mass is 35.5. The molecule has 1 aromatic carbocycles.